The summed E-state index contributed by atoms with van der Waals surface area (Å²) in [5, 5.41) is 10.8. The van der Waals surface area contributed by atoms with Crippen molar-refractivity contribution in [1.29, 1.82) is 0 Å². The molecule has 2 nitrogen and oxygen atoms in total. The third-order valence-electron chi connectivity index (χ3n) is 2.88. The van der Waals surface area contributed by atoms with E-state index in [1.54, 1.807) is 11.3 Å². The number of hydrogen-bond acceptors (Lipinski definition) is 3. The second kappa shape index (κ2) is 7.86. The van der Waals surface area contributed by atoms with E-state index in [1.165, 1.54) is 10.4 Å². The molecule has 1 N–H and O–H groups in total. The number of hydrogen-bond donors (Lipinski definition) is 1. The lowest BCUT2D eigenvalue weighted by molar-refractivity contribution is 0.305. The van der Waals surface area contributed by atoms with Crippen molar-refractivity contribution in [2.75, 3.05) is 13.7 Å². The lowest BCUT2D eigenvalue weighted by Gasteiger charge is -2.15. The van der Waals surface area contributed by atoms with Crippen LogP contribution in [0, 0.1) is 11.8 Å². The van der Waals surface area contributed by atoms with E-state index in [2.05, 4.69) is 53.4 Å². The Bertz CT molecular complexity index is 563. The summed E-state index contributed by atoms with van der Waals surface area (Å²) in [6.07, 6.45) is 0.533. The molecule has 0 unspecified atom stereocenters. The third-order valence-corrected chi connectivity index (χ3v) is 3.74. The Morgan fingerprint density at radius 2 is 1.95 bits per heavy atom. The van der Waals surface area contributed by atoms with Crippen LogP contribution in [0.1, 0.15) is 22.4 Å². The third kappa shape index (κ3) is 4.82. The first-order valence-electron chi connectivity index (χ1n) is 6.67. The molecule has 0 aliphatic rings. The standard InChI is InChI=1S/C17H19NOS/c1-18(14-17-6-4-12-20-17)13-16-9-7-15(8-10-16)5-2-3-11-19/h4,6-10,12,19H,3,11,13-14H2,1H3. The molecule has 1 aromatic heterocycles. The van der Waals surface area contributed by atoms with Gasteiger partial charge in [-0.05, 0) is 36.2 Å². The largest absolute Gasteiger partial charge is 0.395 e. The van der Waals surface area contributed by atoms with Gasteiger partial charge in [0.2, 0.25) is 0 Å². The van der Waals surface area contributed by atoms with Crippen molar-refractivity contribution in [3.63, 3.8) is 0 Å². The number of thiophene rings is 1. The minimum absolute atomic E-state index is 0.124. The van der Waals surface area contributed by atoms with E-state index in [4.69, 9.17) is 5.11 Å². The van der Waals surface area contributed by atoms with Crippen LogP contribution in [-0.4, -0.2) is 23.7 Å². The summed E-state index contributed by atoms with van der Waals surface area (Å²) in [6, 6.07) is 12.6. The summed E-state index contributed by atoms with van der Waals surface area (Å²) >= 11 is 1.80. The van der Waals surface area contributed by atoms with Crippen molar-refractivity contribution in [2.45, 2.75) is 19.5 Å². The van der Waals surface area contributed by atoms with E-state index in [-0.39, 0.29) is 6.61 Å². The molecule has 0 saturated carbocycles. The van der Waals surface area contributed by atoms with Crippen LogP contribution < -0.4 is 0 Å². The van der Waals surface area contributed by atoms with Crippen LogP contribution in [0.5, 0.6) is 0 Å². The Morgan fingerprint density at radius 3 is 2.60 bits per heavy atom. The average Bonchev–Trinajstić information content (AvgIpc) is 2.94. The molecule has 0 atom stereocenters. The first-order valence-corrected chi connectivity index (χ1v) is 7.55. The summed E-state index contributed by atoms with van der Waals surface area (Å²) < 4.78 is 0. The molecule has 0 aliphatic heterocycles. The Balaban J connectivity index is 1.88. The molecule has 104 valence electrons. The van der Waals surface area contributed by atoms with Gasteiger partial charge in [-0.15, -0.1) is 11.3 Å². The second-order valence-electron chi connectivity index (χ2n) is 4.72. The highest BCUT2D eigenvalue weighted by Gasteiger charge is 2.02. The number of benzene rings is 1. The topological polar surface area (TPSA) is 23.5 Å². The van der Waals surface area contributed by atoms with Crippen LogP contribution >= 0.6 is 11.3 Å². The number of rotatable bonds is 5. The van der Waals surface area contributed by atoms with Crippen LogP contribution in [0.2, 0.25) is 0 Å². The van der Waals surface area contributed by atoms with Gasteiger partial charge in [-0.25, -0.2) is 0 Å². The molecule has 2 rings (SSSR count). The number of aliphatic hydroxyl groups excluding tert-OH is 1. The molecule has 0 aliphatic carbocycles. The van der Waals surface area contributed by atoms with Crippen molar-refractivity contribution < 1.29 is 5.11 Å². The van der Waals surface area contributed by atoms with Crippen LogP contribution in [-0.2, 0) is 13.1 Å². The Morgan fingerprint density at radius 1 is 1.15 bits per heavy atom. The first-order chi connectivity index (χ1) is 9.78. The zero-order chi connectivity index (χ0) is 14.2. The summed E-state index contributed by atoms with van der Waals surface area (Å²) in [6.45, 7) is 2.04. The van der Waals surface area contributed by atoms with Crippen molar-refractivity contribution >= 4 is 11.3 Å². The maximum Gasteiger partial charge on any atom is 0.0540 e. The SMILES string of the molecule is CN(Cc1ccc(C#CCCO)cc1)Cc1cccs1. The summed E-state index contributed by atoms with van der Waals surface area (Å²) in [4.78, 5) is 3.69. The van der Waals surface area contributed by atoms with Gasteiger partial charge in [0.25, 0.3) is 0 Å². The van der Waals surface area contributed by atoms with Crippen molar-refractivity contribution in [1.82, 2.24) is 4.90 Å². The van der Waals surface area contributed by atoms with Gasteiger partial charge in [0.1, 0.15) is 0 Å². The van der Waals surface area contributed by atoms with Crippen LogP contribution in [0.25, 0.3) is 0 Å². The van der Waals surface area contributed by atoms with E-state index in [9.17, 15) is 0 Å². The monoisotopic (exact) mass is 285 g/mol. The molecule has 0 saturated heterocycles. The molecule has 20 heavy (non-hydrogen) atoms. The minimum atomic E-state index is 0.124. The Kier molecular flexibility index (Phi) is 5.82. The Labute approximate surface area is 124 Å². The molecule has 2 aromatic rings. The van der Waals surface area contributed by atoms with Crippen LogP contribution in [0.3, 0.4) is 0 Å². The smallest absolute Gasteiger partial charge is 0.0540 e. The fourth-order valence-corrected chi connectivity index (χ4v) is 2.73. The highest BCUT2D eigenvalue weighted by Crippen LogP contribution is 2.13. The molecule has 1 heterocycles. The van der Waals surface area contributed by atoms with Gasteiger partial charge in [0.05, 0.1) is 6.61 Å². The van der Waals surface area contributed by atoms with Gasteiger partial charge in [0.15, 0.2) is 0 Å². The van der Waals surface area contributed by atoms with Crippen LogP contribution in [0.15, 0.2) is 41.8 Å². The van der Waals surface area contributed by atoms with Gasteiger partial charge >= 0.3 is 0 Å². The minimum Gasteiger partial charge on any atom is -0.395 e. The summed E-state index contributed by atoms with van der Waals surface area (Å²) in [5.74, 6) is 5.97. The van der Waals surface area contributed by atoms with E-state index >= 15 is 0 Å². The molecular formula is C17H19NOS. The lowest BCUT2D eigenvalue weighted by Crippen LogP contribution is -2.16. The fraction of sp³-hybridized carbons (Fsp3) is 0.294. The van der Waals surface area contributed by atoms with Crippen molar-refractivity contribution in [3.05, 3.63) is 57.8 Å². The highest BCUT2D eigenvalue weighted by molar-refractivity contribution is 7.09. The lowest BCUT2D eigenvalue weighted by atomic mass is 10.1. The van der Waals surface area contributed by atoms with Gasteiger partial charge in [-0.3, -0.25) is 4.90 Å². The van der Waals surface area contributed by atoms with Gasteiger partial charge in [0, 0.05) is 30.0 Å². The highest BCUT2D eigenvalue weighted by atomic mass is 32.1. The van der Waals surface area contributed by atoms with Crippen molar-refractivity contribution in [2.24, 2.45) is 0 Å². The fourth-order valence-electron chi connectivity index (χ4n) is 1.95. The second-order valence-corrected chi connectivity index (χ2v) is 5.76. The zero-order valence-electron chi connectivity index (χ0n) is 11.7. The average molecular weight is 285 g/mol. The van der Waals surface area contributed by atoms with Gasteiger partial charge in [-0.2, -0.15) is 0 Å². The maximum absolute atomic E-state index is 8.69. The maximum atomic E-state index is 8.69. The van der Waals surface area contributed by atoms with Gasteiger partial charge < -0.3 is 5.11 Å². The first kappa shape index (κ1) is 14.8. The molecule has 0 amide bonds. The number of aliphatic hydroxyl groups is 1. The van der Waals surface area contributed by atoms with E-state index < -0.39 is 0 Å². The van der Waals surface area contributed by atoms with E-state index in [0.29, 0.717) is 6.42 Å². The van der Waals surface area contributed by atoms with Crippen LogP contribution in [0.4, 0.5) is 0 Å². The molecule has 0 bridgehead atoms. The van der Waals surface area contributed by atoms with Crippen molar-refractivity contribution in [3.8, 4) is 11.8 Å². The molecule has 3 heteroatoms. The predicted octanol–water partition coefficient (Wildman–Crippen LogP) is 3.11. The number of nitrogens with zero attached hydrogens (tertiary/aromatic N) is 1. The predicted molar refractivity (Wildman–Crippen MR) is 84.5 cm³/mol. The van der Waals surface area contributed by atoms with E-state index in [0.717, 1.165) is 18.7 Å². The quantitative estimate of drug-likeness (QED) is 0.853. The van der Waals surface area contributed by atoms with E-state index in [1.807, 2.05) is 12.1 Å². The Hall–Kier alpha value is -1.60. The molecule has 0 radical (unpaired) electrons. The molecule has 0 fully saturated rings. The molecule has 0 spiro atoms. The zero-order valence-corrected chi connectivity index (χ0v) is 12.5. The summed E-state index contributed by atoms with van der Waals surface area (Å²) in [7, 11) is 2.13. The molecular weight excluding hydrogens is 266 g/mol. The van der Waals surface area contributed by atoms with Gasteiger partial charge in [-0.1, -0.05) is 30.0 Å². The molecule has 1 aromatic carbocycles. The normalized spacial score (nSPS) is 10.3. The summed E-state index contributed by atoms with van der Waals surface area (Å²) in [5.41, 5.74) is 2.29.